The summed E-state index contributed by atoms with van der Waals surface area (Å²) in [7, 11) is 1.37. The molecule has 0 atom stereocenters. The number of ether oxygens (including phenoxy) is 1. The molecule has 0 unspecified atom stereocenters. The Balaban J connectivity index is 2.11. The van der Waals surface area contributed by atoms with E-state index in [9.17, 15) is 14.9 Å². The Morgan fingerprint density at radius 2 is 2.25 bits per heavy atom. The first kappa shape index (κ1) is 14.6. The highest BCUT2D eigenvalue weighted by Gasteiger charge is 2.41. The van der Waals surface area contributed by atoms with Gasteiger partial charge in [0.25, 0.3) is 11.6 Å². The van der Waals surface area contributed by atoms with Gasteiger partial charge in [0.2, 0.25) is 0 Å². The molecule has 1 N–H and O–H groups in total. The fourth-order valence-corrected chi connectivity index (χ4v) is 2.24. The Morgan fingerprint density at radius 1 is 1.55 bits per heavy atom. The lowest BCUT2D eigenvalue weighted by Crippen LogP contribution is -2.31. The van der Waals surface area contributed by atoms with E-state index < -0.39 is 4.92 Å². The lowest BCUT2D eigenvalue weighted by atomic mass is 10.1. The molecule has 0 radical (unpaired) electrons. The number of alkyl halides is 1. The zero-order valence-corrected chi connectivity index (χ0v) is 11.8. The Morgan fingerprint density at radius 3 is 2.75 bits per heavy atom. The maximum Gasteiger partial charge on any atom is 0.273 e. The molecule has 2 rings (SSSR count). The van der Waals surface area contributed by atoms with Crippen LogP contribution in [0.15, 0.2) is 18.2 Å². The number of methoxy groups -OCH3 is 1. The number of hydrogen-bond donors (Lipinski definition) is 1. The third-order valence-electron chi connectivity index (χ3n) is 3.51. The highest BCUT2D eigenvalue weighted by Crippen LogP contribution is 2.45. The highest BCUT2D eigenvalue weighted by molar-refractivity contribution is 6.18. The molecule has 6 nitrogen and oxygen atoms in total. The second kappa shape index (κ2) is 5.66. The average Bonchev–Trinajstić information content (AvgIpc) is 3.24. The van der Waals surface area contributed by atoms with E-state index in [4.69, 9.17) is 16.3 Å². The Bertz CT molecular complexity index is 543. The zero-order chi connectivity index (χ0) is 14.8. The monoisotopic (exact) mass is 298 g/mol. The second-order valence-electron chi connectivity index (χ2n) is 4.96. The fourth-order valence-electron chi connectivity index (χ4n) is 1.88. The predicted molar refractivity (Wildman–Crippen MR) is 74.4 cm³/mol. The SMILES string of the molecule is COc1cc([N+](=O)[O-])ccc1C(=O)NCC1(CCl)CC1. The summed E-state index contributed by atoms with van der Waals surface area (Å²) in [5.41, 5.74) is 0.187. The summed E-state index contributed by atoms with van der Waals surface area (Å²) >= 11 is 5.85. The highest BCUT2D eigenvalue weighted by atomic mass is 35.5. The maximum atomic E-state index is 12.1. The molecule has 1 amide bonds. The molecule has 1 aromatic carbocycles. The number of rotatable bonds is 6. The summed E-state index contributed by atoms with van der Waals surface area (Å²) in [4.78, 5) is 22.3. The molecule has 0 aromatic heterocycles. The number of carbonyl (C=O) groups is 1. The van der Waals surface area contributed by atoms with E-state index in [-0.39, 0.29) is 28.3 Å². The van der Waals surface area contributed by atoms with E-state index in [2.05, 4.69) is 5.32 Å². The summed E-state index contributed by atoms with van der Waals surface area (Å²) in [5, 5.41) is 13.5. The number of hydrogen-bond acceptors (Lipinski definition) is 4. The number of nitro benzene ring substituents is 1. The van der Waals surface area contributed by atoms with Crippen LogP contribution in [0.3, 0.4) is 0 Å². The topological polar surface area (TPSA) is 81.5 Å². The van der Waals surface area contributed by atoms with E-state index in [0.29, 0.717) is 12.4 Å². The van der Waals surface area contributed by atoms with Crippen LogP contribution in [0.1, 0.15) is 23.2 Å². The molecule has 7 heteroatoms. The molecule has 1 fully saturated rings. The van der Waals surface area contributed by atoms with E-state index in [1.54, 1.807) is 0 Å². The lowest BCUT2D eigenvalue weighted by molar-refractivity contribution is -0.384. The van der Waals surface area contributed by atoms with Crippen molar-refractivity contribution >= 4 is 23.2 Å². The van der Waals surface area contributed by atoms with Crippen molar-refractivity contribution in [3.8, 4) is 5.75 Å². The molecule has 108 valence electrons. The minimum atomic E-state index is -0.531. The van der Waals surface area contributed by atoms with Gasteiger partial charge in [-0.1, -0.05) is 0 Å². The molecule has 1 saturated carbocycles. The van der Waals surface area contributed by atoms with E-state index >= 15 is 0 Å². The van der Waals surface area contributed by atoms with Gasteiger partial charge in [-0.05, 0) is 18.9 Å². The number of halogens is 1. The molecule has 0 aliphatic heterocycles. The smallest absolute Gasteiger partial charge is 0.273 e. The van der Waals surface area contributed by atoms with Gasteiger partial charge in [-0.15, -0.1) is 11.6 Å². The molecule has 1 aromatic rings. The molecule has 20 heavy (non-hydrogen) atoms. The molecule has 0 spiro atoms. The van der Waals surface area contributed by atoms with Crippen molar-refractivity contribution < 1.29 is 14.5 Å². The van der Waals surface area contributed by atoms with Crippen molar-refractivity contribution in [3.05, 3.63) is 33.9 Å². The minimum absolute atomic E-state index is 0.0191. The van der Waals surface area contributed by atoms with E-state index in [0.717, 1.165) is 12.8 Å². The number of nitrogens with zero attached hydrogens (tertiary/aromatic N) is 1. The van der Waals surface area contributed by atoms with Crippen molar-refractivity contribution in [3.63, 3.8) is 0 Å². The van der Waals surface area contributed by atoms with Gasteiger partial charge < -0.3 is 10.1 Å². The van der Waals surface area contributed by atoms with Crippen molar-refractivity contribution in [1.82, 2.24) is 5.32 Å². The van der Waals surface area contributed by atoms with Gasteiger partial charge in [-0.2, -0.15) is 0 Å². The maximum absolute atomic E-state index is 12.1. The summed E-state index contributed by atoms with van der Waals surface area (Å²) in [6.07, 6.45) is 2.02. The van der Waals surface area contributed by atoms with Crippen LogP contribution in [-0.2, 0) is 0 Å². The van der Waals surface area contributed by atoms with Crippen molar-refractivity contribution in [2.75, 3.05) is 19.5 Å². The quantitative estimate of drug-likeness (QED) is 0.496. The summed E-state index contributed by atoms with van der Waals surface area (Å²) in [5.74, 6) is 0.394. The first-order chi connectivity index (χ1) is 9.51. The minimum Gasteiger partial charge on any atom is -0.496 e. The van der Waals surface area contributed by atoms with Crippen LogP contribution < -0.4 is 10.1 Å². The lowest BCUT2D eigenvalue weighted by Gasteiger charge is -2.13. The van der Waals surface area contributed by atoms with Crippen LogP contribution in [0.5, 0.6) is 5.75 Å². The first-order valence-electron chi connectivity index (χ1n) is 6.18. The van der Waals surface area contributed by atoms with Gasteiger partial charge in [-0.25, -0.2) is 0 Å². The standard InChI is InChI=1S/C13H15ClN2O4/c1-20-11-6-9(16(18)19)2-3-10(11)12(17)15-8-13(7-14)4-5-13/h2-3,6H,4-5,7-8H2,1H3,(H,15,17). The number of benzene rings is 1. The van der Waals surface area contributed by atoms with Crippen molar-refractivity contribution in [1.29, 1.82) is 0 Å². The average molecular weight is 299 g/mol. The molecule has 1 aliphatic carbocycles. The normalized spacial score (nSPS) is 15.5. The number of non-ortho nitro benzene ring substituents is 1. The number of carbonyl (C=O) groups excluding carboxylic acids is 1. The van der Waals surface area contributed by atoms with Crippen molar-refractivity contribution in [2.24, 2.45) is 5.41 Å². The van der Waals surface area contributed by atoms with Gasteiger partial charge >= 0.3 is 0 Å². The zero-order valence-electron chi connectivity index (χ0n) is 11.0. The predicted octanol–water partition coefficient (Wildman–Crippen LogP) is 2.35. The van der Waals surface area contributed by atoms with Crippen LogP contribution in [0.2, 0.25) is 0 Å². The summed E-state index contributed by atoms with van der Waals surface area (Å²) in [6, 6.07) is 3.92. The Hall–Kier alpha value is -1.82. The molecule has 1 aliphatic rings. The van der Waals surface area contributed by atoms with Crippen LogP contribution in [0.4, 0.5) is 5.69 Å². The van der Waals surface area contributed by atoms with Crippen LogP contribution in [-0.4, -0.2) is 30.4 Å². The van der Waals surface area contributed by atoms with E-state index in [1.807, 2.05) is 0 Å². The van der Waals surface area contributed by atoms with Gasteiger partial charge in [0.05, 0.1) is 23.7 Å². The Kier molecular flexibility index (Phi) is 4.13. The van der Waals surface area contributed by atoms with Gasteiger partial charge in [0.15, 0.2) is 0 Å². The van der Waals surface area contributed by atoms with Gasteiger partial charge in [-0.3, -0.25) is 14.9 Å². The molecular formula is C13H15ClN2O4. The van der Waals surface area contributed by atoms with Crippen LogP contribution in [0.25, 0.3) is 0 Å². The third kappa shape index (κ3) is 3.01. The van der Waals surface area contributed by atoms with Crippen LogP contribution in [0, 0.1) is 15.5 Å². The molecule has 0 saturated heterocycles. The number of amides is 1. The third-order valence-corrected chi connectivity index (χ3v) is 4.07. The second-order valence-corrected chi connectivity index (χ2v) is 5.23. The molecule has 0 heterocycles. The van der Waals surface area contributed by atoms with Gasteiger partial charge in [0.1, 0.15) is 5.75 Å². The first-order valence-corrected chi connectivity index (χ1v) is 6.71. The number of nitrogens with one attached hydrogen (secondary N) is 1. The summed E-state index contributed by atoms with van der Waals surface area (Å²) < 4.78 is 5.04. The Labute approximate surface area is 121 Å². The van der Waals surface area contributed by atoms with Crippen molar-refractivity contribution in [2.45, 2.75) is 12.8 Å². The summed E-state index contributed by atoms with van der Waals surface area (Å²) in [6.45, 7) is 0.509. The number of nitro groups is 1. The fraction of sp³-hybridized carbons (Fsp3) is 0.462. The van der Waals surface area contributed by atoms with E-state index in [1.165, 1.54) is 25.3 Å². The van der Waals surface area contributed by atoms with Gasteiger partial charge in [0, 0.05) is 23.9 Å². The van der Waals surface area contributed by atoms with Crippen LogP contribution >= 0.6 is 11.6 Å². The largest absolute Gasteiger partial charge is 0.496 e. The molecular weight excluding hydrogens is 284 g/mol. The molecule has 0 bridgehead atoms.